The maximum Gasteiger partial charge on any atom is 0.490 e. The first-order valence-electron chi connectivity index (χ1n) is 11.4. The van der Waals surface area contributed by atoms with Crippen molar-refractivity contribution in [1.82, 2.24) is 9.97 Å². The predicted molar refractivity (Wildman–Crippen MR) is 139 cm³/mol. The lowest BCUT2D eigenvalue weighted by Crippen LogP contribution is -2.31. The molecular formula is C26H25BFN3O4S. The van der Waals surface area contributed by atoms with Gasteiger partial charge in [0.25, 0.3) is 0 Å². The van der Waals surface area contributed by atoms with Crippen molar-refractivity contribution in [3.63, 3.8) is 0 Å². The zero-order valence-electron chi connectivity index (χ0n) is 20.3. The smallest absolute Gasteiger partial charge is 0.423 e. The number of sulfone groups is 1. The highest BCUT2D eigenvalue weighted by atomic mass is 32.2. The van der Waals surface area contributed by atoms with Gasteiger partial charge in [-0.3, -0.25) is 4.98 Å². The summed E-state index contributed by atoms with van der Waals surface area (Å²) in [5, 5.41) is 20.3. The molecule has 1 aliphatic rings. The van der Waals surface area contributed by atoms with E-state index in [-0.39, 0.29) is 15.8 Å². The third kappa shape index (κ3) is 3.95. The average molecular weight is 505 g/mol. The lowest BCUT2D eigenvalue weighted by molar-refractivity contribution is 0.425. The molecule has 0 saturated carbocycles. The van der Waals surface area contributed by atoms with Crippen LogP contribution in [0.15, 0.2) is 59.6 Å². The Hall–Kier alpha value is -3.34. The Morgan fingerprint density at radius 3 is 2.53 bits per heavy atom. The van der Waals surface area contributed by atoms with Gasteiger partial charge in [0.2, 0.25) is 0 Å². The van der Waals surface area contributed by atoms with Crippen LogP contribution in [0.1, 0.15) is 25.1 Å². The van der Waals surface area contributed by atoms with Gasteiger partial charge in [-0.1, -0.05) is 32.0 Å². The van der Waals surface area contributed by atoms with Crippen LogP contribution in [0, 0.1) is 12.7 Å². The summed E-state index contributed by atoms with van der Waals surface area (Å²) in [5.41, 5.74) is 4.06. The SMILES string of the molecule is Cc1c(-c2ccccc2S(C)(=O)=O)nc2cc(F)ccc2c1N1CC(C)(C)c2ncc(B(O)O)cc21. The molecule has 0 fully saturated rings. The monoisotopic (exact) mass is 505 g/mol. The number of aromatic nitrogens is 2. The van der Waals surface area contributed by atoms with Crippen LogP contribution in [0.2, 0.25) is 0 Å². The first kappa shape index (κ1) is 24.4. The number of rotatable bonds is 4. The molecule has 36 heavy (non-hydrogen) atoms. The number of halogens is 1. The molecule has 0 spiro atoms. The minimum Gasteiger partial charge on any atom is -0.423 e. The first-order valence-corrected chi connectivity index (χ1v) is 13.3. The Labute approximate surface area is 209 Å². The minimum absolute atomic E-state index is 0.136. The van der Waals surface area contributed by atoms with Crippen molar-refractivity contribution in [2.24, 2.45) is 0 Å². The zero-order chi connectivity index (χ0) is 26.0. The molecular weight excluding hydrogens is 480 g/mol. The molecule has 2 N–H and O–H groups in total. The van der Waals surface area contributed by atoms with Gasteiger partial charge in [-0.2, -0.15) is 0 Å². The Morgan fingerprint density at radius 1 is 1.11 bits per heavy atom. The van der Waals surface area contributed by atoms with Crippen LogP contribution in [-0.4, -0.2) is 48.4 Å². The summed E-state index contributed by atoms with van der Waals surface area (Å²) in [7, 11) is -5.25. The van der Waals surface area contributed by atoms with Gasteiger partial charge in [0.15, 0.2) is 9.84 Å². The van der Waals surface area contributed by atoms with Crippen molar-refractivity contribution in [3.05, 3.63) is 71.8 Å². The van der Waals surface area contributed by atoms with Crippen LogP contribution in [0.4, 0.5) is 15.8 Å². The predicted octanol–water partition coefficient (Wildman–Crippen LogP) is 3.26. The number of hydrogen-bond acceptors (Lipinski definition) is 7. The summed E-state index contributed by atoms with van der Waals surface area (Å²) in [6, 6.07) is 12.7. The van der Waals surface area contributed by atoms with Gasteiger partial charge in [0.05, 0.1) is 33.2 Å². The van der Waals surface area contributed by atoms with Crippen LogP contribution in [0.3, 0.4) is 0 Å². The van der Waals surface area contributed by atoms with Crippen LogP contribution in [-0.2, 0) is 15.3 Å². The third-order valence-electron chi connectivity index (χ3n) is 6.64. The highest BCUT2D eigenvalue weighted by Crippen LogP contribution is 2.47. The lowest BCUT2D eigenvalue weighted by Gasteiger charge is -2.27. The van der Waals surface area contributed by atoms with Gasteiger partial charge >= 0.3 is 7.12 Å². The highest BCUT2D eigenvalue weighted by Gasteiger charge is 2.39. The van der Waals surface area contributed by atoms with Crippen molar-refractivity contribution in [2.45, 2.75) is 31.1 Å². The van der Waals surface area contributed by atoms with E-state index in [1.807, 2.05) is 25.7 Å². The van der Waals surface area contributed by atoms with Gasteiger partial charge in [-0.25, -0.2) is 17.8 Å². The third-order valence-corrected chi connectivity index (χ3v) is 7.80. The molecule has 0 amide bonds. The molecule has 0 unspecified atom stereocenters. The van der Waals surface area contributed by atoms with Crippen LogP contribution >= 0.6 is 0 Å². The molecule has 3 heterocycles. The second-order valence-electron chi connectivity index (χ2n) is 9.84. The van der Waals surface area contributed by atoms with E-state index in [1.54, 1.807) is 30.3 Å². The summed E-state index contributed by atoms with van der Waals surface area (Å²) < 4.78 is 39.5. The summed E-state index contributed by atoms with van der Waals surface area (Å²) in [6.45, 7) is 6.48. The topological polar surface area (TPSA) is 104 Å². The fourth-order valence-electron chi connectivity index (χ4n) is 5.00. The number of pyridine rings is 2. The van der Waals surface area contributed by atoms with E-state index in [0.29, 0.717) is 40.0 Å². The van der Waals surface area contributed by atoms with Gasteiger partial charge in [0, 0.05) is 46.9 Å². The molecule has 7 nitrogen and oxygen atoms in total. The molecule has 1 aliphatic heterocycles. The zero-order valence-corrected chi connectivity index (χ0v) is 21.1. The van der Waals surface area contributed by atoms with Gasteiger partial charge in [-0.05, 0) is 36.8 Å². The van der Waals surface area contributed by atoms with Crippen LogP contribution in [0.25, 0.3) is 22.2 Å². The lowest BCUT2D eigenvalue weighted by atomic mass is 9.80. The normalized spacial score (nSPS) is 14.8. The van der Waals surface area contributed by atoms with E-state index in [4.69, 9.17) is 4.98 Å². The molecule has 0 saturated heterocycles. The Kier molecular flexibility index (Phi) is 5.66. The van der Waals surface area contributed by atoms with Gasteiger partial charge in [-0.15, -0.1) is 0 Å². The Bertz CT molecular complexity index is 1640. The molecule has 0 atom stereocenters. The summed E-state index contributed by atoms with van der Waals surface area (Å²) in [6.07, 6.45) is 2.60. The fraction of sp³-hybridized carbons (Fsp3) is 0.231. The molecule has 184 valence electrons. The second-order valence-corrected chi connectivity index (χ2v) is 11.8. The molecule has 0 aliphatic carbocycles. The van der Waals surface area contributed by atoms with E-state index < -0.39 is 22.8 Å². The van der Waals surface area contributed by atoms with Crippen molar-refractivity contribution in [2.75, 3.05) is 17.7 Å². The molecule has 2 aromatic heterocycles. The van der Waals surface area contributed by atoms with Crippen molar-refractivity contribution in [3.8, 4) is 11.3 Å². The maximum absolute atomic E-state index is 14.3. The highest BCUT2D eigenvalue weighted by molar-refractivity contribution is 7.90. The van der Waals surface area contributed by atoms with E-state index in [2.05, 4.69) is 4.98 Å². The standard InChI is InChI=1S/C26H25BFN3O4S/c1-15-23(19-7-5-6-8-22(19)36(4,34)35)30-20-12-17(28)9-10-18(20)24(15)31-14-26(2,3)25-21(31)11-16(13-29-25)27(32)33/h5-13,32-33H,14H2,1-4H3. The van der Waals surface area contributed by atoms with Crippen LogP contribution < -0.4 is 10.4 Å². The summed E-state index contributed by atoms with van der Waals surface area (Å²) in [5.74, 6) is -0.457. The number of benzene rings is 2. The molecule has 0 bridgehead atoms. The van der Waals surface area contributed by atoms with E-state index in [0.717, 1.165) is 17.6 Å². The van der Waals surface area contributed by atoms with Gasteiger partial charge < -0.3 is 14.9 Å². The van der Waals surface area contributed by atoms with Crippen molar-refractivity contribution < 1.29 is 22.9 Å². The summed E-state index contributed by atoms with van der Waals surface area (Å²) in [4.78, 5) is 11.4. The Morgan fingerprint density at radius 2 is 1.83 bits per heavy atom. The number of hydrogen-bond donors (Lipinski definition) is 2. The van der Waals surface area contributed by atoms with E-state index in [1.165, 1.54) is 24.4 Å². The number of fused-ring (bicyclic) bond motifs is 2. The van der Waals surface area contributed by atoms with E-state index in [9.17, 15) is 22.9 Å². The molecule has 10 heteroatoms. The molecule has 0 radical (unpaired) electrons. The number of nitrogens with zero attached hydrogens (tertiary/aromatic N) is 3. The maximum atomic E-state index is 14.3. The molecule has 4 aromatic rings. The molecule has 5 rings (SSSR count). The minimum atomic E-state index is -3.57. The second kappa shape index (κ2) is 8.36. The quantitative estimate of drug-likeness (QED) is 0.411. The average Bonchev–Trinajstić information content (AvgIpc) is 3.08. The Balaban J connectivity index is 1.86. The van der Waals surface area contributed by atoms with Gasteiger partial charge in [0.1, 0.15) is 5.82 Å². The number of anilines is 2. The largest absolute Gasteiger partial charge is 0.490 e. The fourth-order valence-corrected chi connectivity index (χ4v) is 5.89. The van der Waals surface area contributed by atoms with Crippen molar-refractivity contribution >= 4 is 44.7 Å². The van der Waals surface area contributed by atoms with Crippen LogP contribution in [0.5, 0.6) is 0 Å². The first-order chi connectivity index (χ1) is 16.9. The summed E-state index contributed by atoms with van der Waals surface area (Å²) >= 11 is 0. The van der Waals surface area contributed by atoms with Crippen molar-refractivity contribution in [1.29, 1.82) is 0 Å². The molecule has 2 aromatic carbocycles. The van der Waals surface area contributed by atoms with E-state index >= 15 is 0 Å².